The van der Waals surface area contributed by atoms with Gasteiger partial charge in [0, 0.05) is 24.8 Å². The molecule has 0 bridgehead atoms. The molecule has 2 heterocycles. The molecule has 3 rings (SSSR count). The van der Waals surface area contributed by atoms with Crippen molar-refractivity contribution in [2.45, 2.75) is 38.3 Å². The molecule has 1 aromatic carbocycles. The van der Waals surface area contributed by atoms with Crippen LogP contribution in [-0.4, -0.2) is 32.3 Å². The van der Waals surface area contributed by atoms with E-state index in [0.29, 0.717) is 23.0 Å². The van der Waals surface area contributed by atoms with Crippen LogP contribution in [0, 0.1) is 6.92 Å². The van der Waals surface area contributed by atoms with Crippen LogP contribution in [0.15, 0.2) is 40.9 Å². The van der Waals surface area contributed by atoms with E-state index in [1.807, 2.05) is 48.2 Å². The zero-order valence-corrected chi connectivity index (χ0v) is 18.9. The van der Waals surface area contributed by atoms with Crippen molar-refractivity contribution in [3.63, 3.8) is 0 Å². The molecule has 158 valence electrons. The number of unbranched alkanes of at least 4 members (excludes halogenated alkanes) is 1. The van der Waals surface area contributed by atoms with Crippen LogP contribution >= 0.6 is 23.1 Å². The molecule has 0 spiro atoms. The largest absolute Gasteiger partial charge is 0.326 e. The summed E-state index contributed by atoms with van der Waals surface area (Å²) in [5.74, 6) is 0.842. The van der Waals surface area contributed by atoms with Crippen LogP contribution in [0.3, 0.4) is 0 Å². The summed E-state index contributed by atoms with van der Waals surface area (Å²) in [6.07, 6.45) is 2.32. The van der Waals surface area contributed by atoms with Gasteiger partial charge in [0.15, 0.2) is 11.0 Å². The van der Waals surface area contributed by atoms with Crippen molar-refractivity contribution in [3.8, 4) is 10.7 Å². The minimum atomic E-state index is -0.141. The van der Waals surface area contributed by atoms with Gasteiger partial charge in [0.25, 0.3) is 0 Å². The highest BCUT2D eigenvalue weighted by molar-refractivity contribution is 7.99. The summed E-state index contributed by atoms with van der Waals surface area (Å²) in [5, 5.41) is 16.9. The molecule has 0 atom stereocenters. The minimum absolute atomic E-state index is 0.0163. The highest BCUT2D eigenvalue weighted by Crippen LogP contribution is 2.26. The molecule has 3 aromatic rings. The maximum atomic E-state index is 12.5. The molecule has 0 aliphatic carbocycles. The van der Waals surface area contributed by atoms with Crippen molar-refractivity contribution in [2.75, 3.05) is 16.4 Å². The predicted molar refractivity (Wildman–Crippen MR) is 123 cm³/mol. The number of hydrogen-bond donors (Lipinski definition) is 2. The van der Waals surface area contributed by atoms with Crippen molar-refractivity contribution in [2.24, 2.45) is 7.05 Å². The van der Waals surface area contributed by atoms with Crippen LogP contribution in [0.2, 0.25) is 0 Å². The number of benzene rings is 1. The van der Waals surface area contributed by atoms with E-state index >= 15 is 0 Å². The first-order valence-electron chi connectivity index (χ1n) is 9.74. The van der Waals surface area contributed by atoms with Crippen molar-refractivity contribution in [3.05, 3.63) is 41.3 Å². The molecule has 30 heavy (non-hydrogen) atoms. The Kier molecular flexibility index (Phi) is 7.64. The number of thioether (sulfide) groups is 1. The number of amides is 2. The molecule has 0 radical (unpaired) electrons. The summed E-state index contributed by atoms with van der Waals surface area (Å²) in [4.78, 5) is 25.5. The molecular formula is C21H25N5O2S2. The van der Waals surface area contributed by atoms with E-state index in [2.05, 4.69) is 27.8 Å². The van der Waals surface area contributed by atoms with Gasteiger partial charge in [0.1, 0.15) is 0 Å². The van der Waals surface area contributed by atoms with Gasteiger partial charge in [0.05, 0.1) is 10.6 Å². The molecule has 2 N–H and O–H groups in total. The average Bonchev–Trinajstić information content (AvgIpc) is 3.37. The van der Waals surface area contributed by atoms with Crippen LogP contribution in [-0.2, 0) is 16.6 Å². The highest BCUT2D eigenvalue weighted by Gasteiger charge is 2.14. The topological polar surface area (TPSA) is 88.9 Å². The fourth-order valence-corrected chi connectivity index (χ4v) is 4.23. The van der Waals surface area contributed by atoms with Gasteiger partial charge in [-0.1, -0.05) is 37.2 Å². The quantitative estimate of drug-likeness (QED) is 0.468. The first kappa shape index (κ1) is 22.0. The number of aryl methyl sites for hydroxylation is 1. The van der Waals surface area contributed by atoms with Gasteiger partial charge in [-0.05, 0) is 42.5 Å². The van der Waals surface area contributed by atoms with Gasteiger partial charge in [-0.15, -0.1) is 21.5 Å². The Morgan fingerprint density at radius 3 is 2.73 bits per heavy atom. The van der Waals surface area contributed by atoms with Crippen LogP contribution < -0.4 is 10.6 Å². The summed E-state index contributed by atoms with van der Waals surface area (Å²) >= 11 is 2.93. The Morgan fingerprint density at radius 1 is 1.17 bits per heavy atom. The second kappa shape index (κ2) is 10.4. The van der Waals surface area contributed by atoms with E-state index in [1.165, 1.54) is 11.8 Å². The number of aromatic nitrogens is 3. The lowest BCUT2D eigenvalue weighted by molar-refractivity contribution is -0.116. The second-order valence-electron chi connectivity index (χ2n) is 6.86. The normalized spacial score (nSPS) is 10.8. The van der Waals surface area contributed by atoms with Crippen LogP contribution in [0.1, 0.15) is 31.7 Å². The van der Waals surface area contributed by atoms with E-state index in [1.54, 1.807) is 17.4 Å². The van der Waals surface area contributed by atoms with E-state index < -0.39 is 0 Å². The number of nitrogens with one attached hydrogen (secondary N) is 2. The van der Waals surface area contributed by atoms with Crippen LogP contribution in [0.25, 0.3) is 10.7 Å². The fraction of sp³-hybridized carbons (Fsp3) is 0.333. The molecule has 2 amide bonds. The molecule has 0 fully saturated rings. The maximum Gasteiger partial charge on any atom is 0.234 e. The van der Waals surface area contributed by atoms with Crippen LogP contribution in [0.4, 0.5) is 11.4 Å². The zero-order valence-electron chi connectivity index (χ0n) is 17.3. The Bertz CT molecular complexity index is 1010. The standard InChI is InChI=1S/C21H25N5O2S2/c1-4-5-8-18(27)22-15-10-9-14(2)16(12-15)23-19(28)13-30-21-25-24-20(26(21)3)17-7-6-11-29-17/h6-7,9-12H,4-5,8,13H2,1-3H3,(H,22,27)(H,23,28). The number of hydrogen-bond acceptors (Lipinski definition) is 6. The Morgan fingerprint density at radius 2 is 2.00 bits per heavy atom. The monoisotopic (exact) mass is 443 g/mol. The number of thiophene rings is 1. The van der Waals surface area contributed by atoms with Crippen LogP contribution in [0.5, 0.6) is 0 Å². The van der Waals surface area contributed by atoms with Gasteiger partial charge in [-0.3, -0.25) is 9.59 Å². The lowest BCUT2D eigenvalue weighted by Crippen LogP contribution is -2.16. The van der Waals surface area contributed by atoms with Gasteiger partial charge < -0.3 is 15.2 Å². The lowest BCUT2D eigenvalue weighted by atomic mass is 10.1. The van der Waals surface area contributed by atoms with Crippen molar-refractivity contribution in [1.29, 1.82) is 0 Å². The van der Waals surface area contributed by atoms with Gasteiger partial charge in [0.2, 0.25) is 11.8 Å². The summed E-state index contributed by atoms with van der Waals surface area (Å²) in [7, 11) is 1.89. The number of carbonyl (C=O) groups excluding carboxylic acids is 2. The maximum absolute atomic E-state index is 12.5. The number of rotatable bonds is 9. The Balaban J connectivity index is 1.58. The summed E-state index contributed by atoms with van der Waals surface area (Å²) in [6.45, 7) is 3.97. The summed E-state index contributed by atoms with van der Waals surface area (Å²) < 4.78 is 1.89. The molecule has 2 aromatic heterocycles. The summed E-state index contributed by atoms with van der Waals surface area (Å²) in [5.41, 5.74) is 2.29. The Labute approximate surface area is 184 Å². The first-order chi connectivity index (χ1) is 14.5. The number of anilines is 2. The molecule has 9 heteroatoms. The molecule has 0 saturated carbocycles. The molecular weight excluding hydrogens is 418 g/mol. The summed E-state index contributed by atoms with van der Waals surface area (Å²) in [6, 6.07) is 9.48. The fourth-order valence-electron chi connectivity index (χ4n) is 2.77. The smallest absolute Gasteiger partial charge is 0.234 e. The van der Waals surface area contributed by atoms with Crippen molar-refractivity contribution in [1.82, 2.24) is 14.8 Å². The van der Waals surface area contributed by atoms with E-state index in [9.17, 15) is 9.59 Å². The van der Waals surface area contributed by atoms with E-state index in [0.717, 1.165) is 29.1 Å². The number of carbonyl (C=O) groups is 2. The molecule has 0 aliphatic heterocycles. The van der Waals surface area contributed by atoms with E-state index in [-0.39, 0.29) is 17.6 Å². The lowest BCUT2D eigenvalue weighted by Gasteiger charge is -2.11. The third-order valence-electron chi connectivity index (χ3n) is 4.46. The molecule has 7 nitrogen and oxygen atoms in total. The van der Waals surface area contributed by atoms with Gasteiger partial charge in [-0.2, -0.15) is 0 Å². The third-order valence-corrected chi connectivity index (χ3v) is 6.35. The van der Waals surface area contributed by atoms with Crippen molar-refractivity contribution >= 4 is 46.3 Å². The van der Waals surface area contributed by atoms with Gasteiger partial charge >= 0.3 is 0 Å². The minimum Gasteiger partial charge on any atom is -0.326 e. The predicted octanol–water partition coefficient (Wildman–Crippen LogP) is 4.71. The second-order valence-corrected chi connectivity index (χ2v) is 8.75. The SMILES string of the molecule is CCCCC(=O)Nc1ccc(C)c(NC(=O)CSc2nnc(-c3cccs3)n2C)c1. The third kappa shape index (κ3) is 5.70. The Hall–Kier alpha value is -2.65. The molecule has 0 saturated heterocycles. The average molecular weight is 444 g/mol. The zero-order chi connectivity index (χ0) is 21.5. The van der Waals surface area contributed by atoms with Gasteiger partial charge in [-0.25, -0.2) is 0 Å². The van der Waals surface area contributed by atoms with Crippen molar-refractivity contribution < 1.29 is 9.59 Å². The first-order valence-corrected chi connectivity index (χ1v) is 11.6. The number of nitrogens with zero attached hydrogens (tertiary/aromatic N) is 3. The molecule has 0 unspecified atom stereocenters. The highest BCUT2D eigenvalue weighted by atomic mass is 32.2. The molecule has 0 aliphatic rings. The van der Waals surface area contributed by atoms with E-state index in [4.69, 9.17) is 0 Å².